The van der Waals surface area contributed by atoms with Gasteiger partial charge >= 0.3 is 0 Å². The fraction of sp³-hybridized carbons (Fsp3) is 0.655. The first-order valence-electron chi connectivity index (χ1n) is 13.9. The molecule has 2 aliphatic rings. The quantitative estimate of drug-likeness (QED) is 0.440. The summed E-state index contributed by atoms with van der Waals surface area (Å²) in [5.74, 6) is 2.07. The van der Waals surface area contributed by atoms with Gasteiger partial charge in [-0.25, -0.2) is 9.07 Å². The van der Waals surface area contributed by atoms with E-state index in [1.54, 1.807) is 12.1 Å². The van der Waals surface area contributed by atoms with Gasteiger partial charge in [-0.05, 0) is 49.9 Å². The summed E-state index contributed by atoms with van der Waals surface area (Å²) in [4.78, 5) is 20.3. The molecule has 0 atom stereocenters. The third-order valence-corrected chi connectivity index (χ3v) is 7.86. The number of amides is 1. The Bertz CT molecular complexity index is 1010. The lowest BCUT2D eigenvalue weighted by Gasteiger charge is -2.36. The number of hydrogen-bond acceptors (Lipinski definition) is 4. The normalized spacial score (nSPS) is 17.3. The molecule has 1 aromatic heterocycles. The molecule has 2 heterocycles. The Kier molecular flexibility index (Phi) is 9.04. The van der Waals surface area contributed by atoms with E-state index in [1.807, 2.05) is 22.6 Å². The van der Waals surface area contributed by atoms with E-state index in [4.69, 9.17) is 5.10 Å². The molecule has 1 aromatic carbocycles. The van der Waals surface area contributed by atoms with Crippen molar-refractivity contribution in [1.82, 2.24) is 19.6 Å². The second kappa shape index (κ2) is 12.2. The Morgan fingerprint density at radius 2 is 1.89 bits per heavy atom. The van der Waals surface area contributed by atoms with Gasteiger partial charge in [-0.15, -0.1) is 0 Å². The lowest BCUT2D eigenvalue weighted by atomic mass is 10.0. The molecule has 198 valence electrons. The molecule has 7 heteroatoms. The van der Waals surface area contributed by atoms with Crippen LogP contribution in [0.1, 0.15) is 70.6 Å². The molecule has 0 radical (unpaired) electrons. The number of anilines is 1. The lowest BCUT2D eigenvalue weighted by Crippen LogP contribution is -2.47. The molecule has 0 spiro atoms. The van der Waals surface area contributed by atoms with Crippen molar-refractivity contribution in [2.75, 3.05) is 44.2 Å². The maximum Gasteiger partial charge on any atom is 0.222 e. The molecular formula is C29H44FN5O. The lowest BCUT2D eigenvalue weighted by molar-refractivity contribution is -0.132. The average Bonchev–Trinajstić information content (AvgIpc) is 3.50. The predicted octanol–water partition coefficient (Wildman–Crippen LogP) is 5.42. The van der Waals surface area contributed by atoms with Gasteiger partial charge in [0, 0.05) is 44.7 Å². The highest BCUT2D eigenvalue weighted by molar-refractivity contribution is 5.76. The van der Waals surface area contributed by atoms with Crippen LogP contribution >= 0.6 is 0 Å². The van der Waals surface area contributed by atoms with Crippen molar-refractivity contribution in [3.8, 4) is 5.69 Å². The van der Waals surface area contributed by atoms with Crippen LogP contribution in [-0.2, 0) is 11.3 Å². The third-order valence-electron chi connectivity index (χ3n) is 7.86. The Hall–Kier alpha value is -2.41. The second-order valence-corrected chi connectivity index (χ2v) is 11.1. The summed E-state index contributed by atoms with van der Waals surface area (Å²) in [7, 11) is 0. The molecule has 0 bridgehead atoms. The summed E-state index contributed by atoms with van der Waals surface area (Å²) in [6.07, 6.45) is 6.78. The monoisotopic (exact) mass is 497 g/mol. The first-order valence-corrected chi connectivity index (χ1v) is 13.9. The van der Waals surface area contributed by atoms with Crippen LogP contribution in [0.15, 0.2) is 24.3 Å². The summed E-state index contributed by atoms with van der Waals surface area (Å²) in [6, 6.07) is 6.65. The van der Waals surface area contributed by atoms with Crippen LogP contribution in [0.25, 0.3) is 5.69 Å². The van der Waals surface area contributed by atoms with Gasteiger partial charge in [-0.1, -0.05) is 52.5 Å². The molecule has 2 aromatic rings. The van der Waals surface area contributed by atoms with Gasteiger partial charge in [-0.3, -0.25) is 4.79 Å². The van der Waals surface area contributed by atoms with E-state index in [1.165, 1.54) is 31.7 Å². The number of carbonyl (C=O) groups excluding carboxylic acids is 1. The molecular weight excluding hydrogens is 453 g/mol. The minimum Gasteiger partial charge on any atom is -0.354 e. The van der Waals surface area contributed by atoms with E-state index in [2.05, 4.69) is 30.6 Å². The number of nitrogens with zero attached hydrogens (tertiary/aromatic N) is 5. The third kappa shape index (κ3) is 6.47. The maximum atomic E-state index is 14.2. The Balaban J connectivity index is 1.64. The number of likely N-dealkylation sites (N-methyl/N-ethyl adjacent to an activating group) is 1. The van der Waals surface area contributed by atoms with Crippen molar-refractivity contribution in [3.05, 3.63) is 41.3 Å². The fourth-order valence-electron chi connectivity index (χ4n) is 5.79. The average molecular weight is 498 g/mol. The highest BCUT2D eigenvalue weighted by atomic mass is 19.1. The van der Waals surface area contributed by atoms with E-state index >= 15 is 0 Å². The van der Waals surface area contributed by atoms with Crippen LogP contribution in [0.2, 0.25) is 0 Å². The van der Waals surface area contributed by atoms with Gasteiger partial charge in [-0.2, -0.15) is 5.10 Å². The van der Waals surface area contributed by atoms with Gasteiger partial charge in [0.15, 0.2) is 0 Å². The van der Waals surface area contributed by atoms with Crippen LogP contribution in [0, 0.1) is 24.6 Å². The summed E-state index contributed by atoms with van der Waals surface area (Å²) < 4.78 is 16.1. The van der Waals surface area contributed by atoms with Crippen LogP contribution < -0.4 is 4.90 Å². The molecule has 1 aliphatic heterocycles. The van der Waals surface area contributed by atoms with Crippen molar-refractivity contribution in [3.63, 3.8) is 0 Å². The van der Waals surface area contributed by atoms with Gasteiger partial charge in [0.2, 0.25) is 5.91 Å². The van der Waals surface area contributed by atoms with Crippen molar-refractivity contribution < 1.29 is 9.18 Å². The number of carbonyl (C=O) groups is 1. The van der Waals surface area contributed by atoms with Crippen molar-refractivity contribution >= 4 is 11.7 Å². The Morgan fingerprint density at radius 1 is 1.17 bits per heavy atom. The van der Waals surface area contributed by atoms with Crippen LogP contribution in [0.3, 0.4) is 0 Å². The molecule has 36 heavy (non-hydrogen) atoms. The Morgan fingerprint density at radius 3 is 2.53 bits per heavy atom. The number of aryl methyl sites for hydroxylation is 1. The first-order chi connectivity index (χ1) is 17.4. The second-order valence-electron chi connectivity index (χ2n) is 11.1. The molecule has 4 rings (SSSR count). The van der Waals surface area contributed by atoms with Crippen molar-refractivity contribution in [1.29, 1.82) is 0 Å². The topological polar surface area (TPSA) is 44.6 Å². The van der Waals surface area contributed by atoms with E-state index in [0.29, 0.717) is 24.8 Å². The van der Waals surface area contributed by atoms with Gasteiger partial charge in [0.1, 0.15) is 11.6 Å². The van der Waals surface area contributed by atoms with Crippen LogP contribution in [0.4, 0.5) is 10.2 Å². The van der Waals surface area contributed by atoms with Gasteiger partial charge in [0.25, 0.3) is 0 Å². The predicted molar refractivity (Wildman–Crippen MR) is 144 cm³/mol. The molecule has 1 saturated carbocycles. The number of hydrogen-bond donors (Lipinski definition) is 0. The standard InChI is InChI=1S/C29H44FN5O/c1-5-32-15-17-33(18-16-32)29-27(23(4)31-35(29)26-12-8-11-25(30)19-26)21-34(20-22(2)3)28(36)14-13-24-9-6-7-10-24/h8,11-12,19,22,24H,5-7,9-10,13-18,20-21H2,1-4H3. The molecule has 2 fully saturated rings. The zero-order valence-corrected chi connectivity index (χ0v) is 22.7. The summed E-state index contributed by atoms with van der Waals surface area (Å²) >= 11 is 0. The molecule has 0 unspecified atom stereocenters. The highest BCUT2D eigenvalue weighted by Gasteiger charge is 2.28. The van der Waals surface area contributed by atoms with E-state index < -0.39 is 0 Å². The molecule has 0 N–H and O–H groups in total. The van der Waals surface area contributed by atoms with Gasteiger partial charge < -0.3 is 14.7 Å². The zero-order chi connectivity index (χ0) is 25.7. The van der Waals surface area contributed by atoms with Crippen molar-refractivity contribution in [2.45, 2.75) is 72.8 Å². The zero-order valence-electron chi connectivity index (χ0n) is 22.7. The van der Waals surface area contributed by atoms with Crippen LogP contribution in [0.5, 0.6) is 0 Å². The van der Waals surface area contributed by atoms with Crippen LogP contribution in [-0.4, -0.2) is 64.8 Å². The number of halogens is 1. The summed E-state index contributed by atoms with van der Waals surface area (Å²) in [5, 5.41) is 4.89. The number of rotatable bonds is 10. The molecule has 1 amide bonds. The van der Waals surface area contributed by atoms with Gasteiger partial charge in [0.05, 0.1) is 17.9 Å². The van der Waals surface area contributed by atoms with E-state index in [-0.39, 0.29) is 11.7 Å². The number of aromatic nitrogens is 2. The highest BCUT2D eigenvalue weighted by Crippen LogP contribution is 2.32. The molecule has 6 nitrogen and oxygen atoms in total. The molecule has 1 aliphatic carbocycles. The van der Waals surface area contributed by atoms with E-state index in [9.17, 15) is 9.18 Å². The maximum absolute atomic E-state index is 14.2. The number of benzene rings is 1. The number of piperazine rings is 1. The fourth-order valence-corrected chi connectivity index (χ4v) is 5.79. The smallest absolute Gasteiger partial charge is 0.222 e. The summed E-state index contributed by atoms with van der Waals surface area (Å²) in [6.45, 7) is 14.6. The Labute approximate surface area is 216 Å². The largest absolute Gasteiger partial charge is 0.354 e. The van der Waals surface area contributed by atoms with Crippen molar-refractivity contribution in [2.24, 2.45) is 11.8 Å². The molecule has 1 saturated heterocycles. The SMILES string of the molecule is CCN1CCN(c2c(CN(CC(C)C)C(=O)CCC3CCCC3)c(C)nn2-c2cccc(F)c2)CC1. The van der Waals surface area contributed by atoms with E-state index in [0.717, 1.165) is 68.5 Å². The summed E-state index contributed by atoms with van der Waals surface area (Å²) in [5.41, 5.74) is 2.71. The first kappa shape index (κ1) is 26.6. The minimum atomic E-state index is -0.271. The minimum absolute atomic E-state index is 0.246.